The zero-order valence-corrected chi connectivity index (χ0v) is 9.38. The van der Waals surface area contributed by atoms with Crippen LogP contribution >= 0.6 is 0 Å². The van der Waals surface area contributed by atoms with Crippen molar-refractivity contribution < 1.29 is 4.74 Å². The molecule has 1 atom stereocenters. The van der Waals surface area contributed by atoms with Gasteiger partial charge in [-0.2, -0.15) is 0 Å². The maximum absolute atomic E-state index is 5.91. The van der Waals surface area contributed by atoms with Crippen LogP contribution in [-0.4, -0.2) is 31.1 Å². The Morgan fingerprint density at radius 3 is 2.79 bits per heavy atom. The average Bonchev–Trinajstić information content (AvgIpc) is 2.72. The predicted molar refractivity (Wildman–Crippen MR) is 58.2 cm³/mol. The van der Waals surface area contributed by atoms with Crippen LogP contribution in [0.5, 0.6) is 0 Å². The fourth-order valence-corrected chi connectivity index (χ4v) is 2.45. The van der Waals surface area contributed by atoms with E-state index in [1.165, 1.54) is 50.0 Å². The normalized spacial score (nSPS) is 28.9. The van der Waals surface area contributed by atoms with E-state index in [0.717, 1.165) is 6.61 Å². The van der Waals surface area contributed by atoms with Crippen molar-refractivity contribution in [2.24, 2.45) is 0 Å². The van der Waals surface area contributed by atoms with Gasteiger partial charge in [-0.15, -0.1) is 0 Å². The highest BCUT2D eigenvalue weighted by Crippen LogP contribution is 2.27. The van der Waals surface area contributed by atoms with Crippen molar-refractivity contribution in [2.45, 2.75) is 45.1 Å². The van der Waals surface area contributed by atoms with E-state index >= 15 is 0 Å². The minimum Gasteiger partial charge on any atom is -0.496 e. The van der Waals surface area contributed by atoms with E-state index in [1.807, 2.05) is 0 Å². The molecule has 0 aromatic heterocycles. The van der Waals surface area contributed by atoms with E-state index in [1.54, 1.807) is 0 Å². The number of ether oxygens (including phenoxy) is 1. The van der Waals surface area contributed by atoms with Crippen molar-refractivity contribution in [1.29, 1.82) is 0 Å². The molecule has 2 rings (SSSR count). The number of likely N-dealkylation sites (tertiary alicyclic amines) is 1. The summed E-state index contributed by atoms with van der Waals surface area (Å²) in [5.74, 6) is 1.28. The molecule has 1 heterocycles. The minimum atomic E-state index is 0.663. The molecule has 80 valence electrons. The third-order valence-electron chi connectivity index (χ3n) is 3.55. The van der Waals surface area contributed by atoms with Crippen LogP contribution in [0.3, 0.4) is 0 Å². The Bertz CT molecular complexity index is 234. The summed E-state index contributed by atoms with van der Waals surface area (Å²) in [5.41, 5.74) is 1.48. The summed E-state index contributed by atoms with van der Waals surface area (Å²) in [5, 5.41) is 0. The first-order chi connectivity index (χ1) is 6.77. The molecule has 1 saturated heterocycles. The topological polar surface area (TPSA) is 12.5 Å². The second-order valence-corrected chi connectivity index (χ2v) is 4.64. The molecule has 0 aromatic carbocycles. The fourth-order valence-electron chi connectivity index (χ4n) is 2.45. The van der Waals surface area contributed by atoms with E-state index in [0.29, 0.717) is 6.04 Å². The lowest BCUT2D eigenvalue weighted by molar-refractivity contribution is 0.134. The first-order valence-corrected chi connectivity index (χ1v) is 5.79. The number of hydrogen-bond donors (Lipinski definition) is 0. The molecule has 0 N–H and O–H groups in total. The molecule has 0 unspecified atom stereocenters. The Kier molecular flexibility index (Phi) is 3.12. The van der Waals surface area contributed by atoms with Gasteiger partial charge in [0.1, 0.15) is 6.61 Å². The Labute approximate surface area is 86.9 Å². The summed E-state index contributed by atoms with van der Waals surface area (Å²) in [7, 11) is 2.21. The van der Waals surface area contributed by atoms with Crippen LogP contribution in [0.15, 0.2) is 11.3 Å². The third-order valence-corrected chi connectivity index (χ3v) is 3.55. The first kappa shape index (κ1) is 10.0. The fraction of sp³-hybridized carbons (Fsp3) is 0.833. The Morgan fingerprint density at radius 2 is 2.21 bits per heavy atom. The highest BCUT2D eigenvalue weighted by atomic mass is 16.5. The summed E-state index contributed by atoms with van der Waals surface area (Å²) < 4.78 is 5.91. The van der Waals surface area contributed by atoms with Gasteiger partial charge in [-0.3, -0.25) is 0 Å². The van der Waals surface area contributed by atoms with Crippen LogP contribution in [0.4, 0.5) is 0 Å². The summed E-state index contributed by atoms with van der Waals surface area (Å²) in [6.45, 7) is 4.36. The number of nitrogens with zero attached hydrogens (tertiary/aromatic N) is 1. The number of hydrogen-bond acceptors (Lipinski definition) is 2. The maximum Gasteiger partial charge on any atom is 0.103 e. The van der Waals surface area contributed by atoms with Crippen molar-refractivity contribution >= 4 is 0 Å². The van der Waals surface area contributed by atoms with Gasteiger partial charge in [0.25, 0.3) is 0 Å². The summed E-state index contributed by atoms with van der Waals surface area (Å²) in [4.78, 5) is 2.42. The van der Waals surface area contributed by atoms with Gasteiger partial charge in [0.05, 0.1) is 5.76 Å². The van der Waals surface area contributed by atoms with Crippen molar-refractivity contribution in [3.63, 3.8) is 0 Å². The molecule has 0 amide bonds. The number of rotatable bonds is 3. The monoisotopic (exact) mass is 195 g/mol. The zero-order chi connectivity index (χ0) is 9.97. The molecule has 2 nitrogen and oxygen atoms in total. The summed E-state index contributed by atoms with van der Waals surface area (Å²) >= 11 is 0. The van der Waals surface area contributed by atoms with Gasteiger partial charge in [-0.05, 0) is 51.8 Å². The van der Waals surface area contributed by atoms with Gasteiger partial charge >= 0.3 is 0 Å². The zero-order valence-electron chi connectivity index (χ0n) is 9.38. The van der Waals surface area contributed by atoms with Gasteiger partial charge in [-0.1, -0.05) is 0 Å². The molecule has 2 aliphatic rings. The lowest BCUT2D eigenvalue weighted by Gasteiger charge is -2.20. The van der Waals surface area contributed by atoms with Gasteiger partial charge < -0.3 is 9.64 Å². The van der Waals surface area contributed by atoms with Crippen LogP contribution in [0.1, 0.15) is 39.0 Å². The highest BCUT2D eigenvalue weighted by molar-refractivity contribution is 5.11. The quantitative estimate of drug-likeness (QED) is 0.686. The molecule has 1 aliphatic carbocycles. The second kappa shape index (κ2) is 4.35. The summed E-state index contributed by atoms with van der Waals surface area (Å²) in [6.07, 6.45) is 6.35. The molecule has 1 fully saturated rings. The first-order valence-electron chi connectivity index (χ1n) is 5.79. The van der Waals surface area contributed by atoms with Gasteiger partial charge in [0.2, 0.25) is 0 Å². The van der Waals surface area contributed by atoms with Crippen LogP contribution in [-0.2, 0) is 4.74 Å². The van der Waals surface area contributed by atoms with Crippen LogP contribution in [0.25, 0.3) is 0 Å². The largest absolute Gasteiger partial charge is 0.496 e. The molecule has 0 spiro atoms. The van der Waals surface area contributed by atoms with Crippen LogP contribution in [0, 0.1) is 0 Å². The molecule has 0 saturated carbocycles. The van der Waals surface area contributed by atoms with Gasteiger partial charge in [-0.25, -0.2) is 0 Å². The molecule has 14 heavy (non-hydrogen) atoms. The average molecular weight is 195 g/mol. The van der Waals surface area contributed by atoms with Crippen molar-refractivity contribution in [3.8, 4) is 0 Å². The Morgan fingerprint density at radius 1 is 1.36 bits per heavy atom. The Balaban J connectivity index is 1.79. The second-order valence-electron chi connectivity index (χ2n) is 4.64. The van der Waals surface area contributed by atoms with Crippen molar-refractivity contribution in [2.75, 3.05) is 20.2 Å². The SMILES string of the molecule is CC1=C(OC[C@@H]2CCCN2C)CCC1. The van der Waals surface area contributed by atoms with Gasteiger partial charge in [0.15, 0.2) is 0 Å². The third kappa shape index (κ3) is 2.11. The van der Waals surface area contributed by atoms with Crippen molar-refractivity contribution in [1.82, 2.24) is 4.90 Å². The molecule has 1 aliphatic heterocycles. The molecule has 0 aromatic rings. The molecule has 0 bridgehead atoms. The molecule has 2 heteroatoms. The predicted octanol–water partition coefficient (Wildman–Crippen LogP) is 2.56. The highest BCUT2D eigenvalue weighted by Gasteiger charge is 2.22. The lowest BCUT2D eigenvalue weighted by Crippen LogP contribution is -2.29. The standard InChI is InChI=1S/C12H21NO/c1-10-5-3-7-12(10)14-9-11-6-4-8-13(11)2/h11H,3-9H2,1-2H3/t11-/m0/s1. The number of allylic oxidation sites excluding steroid dienone is 2. The van der Waals surface area contributed by atoms with E-state index in [-0.39, 0.29) is 0 Å². The molecule has 0 radical (unpaired) electrons. The Hall–Kier alpha value is -0.500. The van der Waals surface area contributed by atoms with E-state index in [4.69, 9.17) is 4.74 Å². The lowest BCUT2D eigenvalue weighted by atomic mass is 10.2. The van der Waals surface area contributed by atoms with Crippen molar-refractivity contribution in [3.05, 3.63) is 11.3 Å². The molecular weight excluding hydrogens is 174 g/mol. The molecular formula is C12H21NO. The summed E-state index contributed by atoms with van der Waals surface area (Å²) in [6, 6.07) is 0.663. The minimum absolute atomic E-state index is 0.663. The van der Waals surface area contributed by atoms with Gasteiger partial charge in [0, 0.05) is 12.5 Å². The smallest absolute Gasteiger partial charge is 0.103 e. The van der Waals surface area contributed by atoms with Crippen LogP contribution in [0.2, 0.25) is 0 Å². The van der Waals surface area contributed by atoms with E-state index in [2.05, 4.69) is 18.9 Å². The van der Waals surface area contributed by atoms with E-state index in [9.17, 15) is 0 Å². The maximum atomic E-state index is 5.91. The van der Waals surface area contributed by atoms with E-state index < -0.39 is 0 Å². The van der Waals surface area contributed by atoms with Crippen LogP contribution < -0.4 is 0 Å². The number of likely N-dealkylation sites (N-methyl/N-ethyl adjacent to an activating group) is 1.